The van der Waals surface area contributed by atoms with E-state index >= 15 is 0 Å². The Bertz CT molecular complexity index is 689. The van der Waals surface area contributed by atoms with Gasteiger partial charge in [-0.1, -0.05) is 29.3 Å². The summed E-state index contributed by atoms with van der Waals surface area (Å²) in [5.41, 5.74) is 0.329. The molecule has 142 valence electrons. The molecule has 26 heavy (non-hydrogen) atoms. The highest BCUT2D eigenvalue weighted by Crippen LogP contribution is 2.33. The molecular weight excluding hydrogens is 381 g/mol. The largest absolute Gasteiger partial charge is 0.506 e. The van der Waals surface area contributed by atoms with Crippen LogP contribution in [0.2, 0.25) is 10.0 Å². The third-order valence-electron chi connectivity index (χ3n) is 3.97. The number of phenols is 1. The Labute approximate surface area is 161 Å². The van der Waals surface area contributed by atoms with E-state index in [4.69, 9.17) is 28.3 Å². The quantitative estimate of drug-likeness (QED) is 0.498. The van der Waals surface area contributed by atoms with Crippen molar-refractivity contribution in [2.75, 3.05) is 44.6 Å². The minimum absolute atomic E-state index is 0.00410. The molecule has 1 saturated heterocycles. The molecule has 9 heteroatoms. The first kappa shape index (κ1) is 20.4. The lowest BCUT2D eigenvalue weighted by molar-refractivity contribution is -0.135. The Kier molecular flexibility index (Phi) is 7.56. The van der Waals surface area contributed by atoms with Gasteiger partial charge in [-0.05, 0) is 18.6 Å². The van der Waals surface area contributed by atoms with Gasteiger partial charge in [-0.3, -0.25) is 9.59 Å². The second-order valence-corrected chi connectivity index (χ2v) is 6.57. The number of carbonyl (C=O) groups excluding carboxylic acids is 2. The molecule has 2 amide bonds. The van der Waals surface area contributed by atoms with Gasteiger partial charge in [-0.15, -0.1) is 0 Å². The molecule has 0 unspecified atom stereocenters. The second kappa shape index (κ2) is 9.66. The number of hydrogen-bond acceptors (Lipinski definition) is 5. The van der Waals surface area contributed by atoms with Crippen molar-refractivity contribution >= 4 is 40.7 Å². The first-order valence-corrected chi connectivity index (χ1v) is 8.94. The number of aliphatic hydroxyl groups excluding tert-OH is 1. The van der Waals surface area contributed by atoms with E-state index in [1.807, 2.05) is 0 Å². The number of hydrogen-bond donors (Lipinski definition) is 3. The molecule has 1 heterocycles. The highest BCUT2D eigenvalue weighted by atomic mass is 35.5. The molecule has 1 aromatic rings. The minimum Gasteiger partial charge on any atom is -0.506 e. The van der Waals surface area contributed by atoms with Crippen LogP contribution in [0.25, 0.3) is 0 Å². The lowest BCUT2D eigenvalue weighted by Gasteiger charge is -2.34. The lowest BCUT2D eigenvalue weighted by Crippen LogP contribution is -2.51. The van der Waals surface area contributed by atoms with E-state index in [1.165, 1.54) is 18.2 Å². The summed E-state index contributed by atoms with van der Waals surface area (Å²) in [7, 11) is 0. The summed E-state index contributed by atoms with van der Waals surface area (Å²) in [5.74, 6) is -0.347. The fraction of sp³-hybridized carbons (Fsp3) is 0.412. The smallest absolute Gasteiger partial charge is 0.246 e. The summed E-state index contributed by atoms with van der Waals surface area (Å²) in [4.78, 5) is 27.6. The van der Waals surface area contributed by atoms with E-state index in [2.05, 4.69) is 5.32 Å². The first-order valence-electron chi connectivity index (χ1n) is 8.18. The Morgan fingerprint density at radius 2 is 1.73 bits per heavy atom. The fourth-order valence-electron chi connectivity index (χ4n) is 2.50. The third-order valence-corrected chi connectivity index (χ3v) is 4.69. The topological polar surface area (TPSA) is 93.1 Å². The second-order valence-electron chi connectivity index (χ2n) is 5.76. The first-order chi connectivity index (χ1) is 12.4. The van der Waals surface area contributed by atoms with Crippen LogP contribution in [-0.2, 0) is 9.59 Å². The summed E-state index contributed by atoms with van der Waals surface area (Å²) in [6, 6.07) is 2.77. The van der Waals surface area contributed by atoms with Crippen molar-refractivity contribution in [3.05, 3.63) is 34.3 Å². The van der Waals surface area contributed by atoms with Gasteiger partial charge in [0, 0.05) is 38.9 Å². The lowest BCUT2D eigenvalue weighted by atomic mass is 10.2. The summed E-state index contributed by atoms with van der Waals surface area (Å²) < 4.78 is 0. The van der Waals surface area contributed by atoms with Crippen LogP contribution in [0.15, 0.2) is 24.3 Å². The zero-order valence-corrected chi connectivity index (χ0v) is 15.6. The highest BCUT2D eigenvalue weighted by molar-refractivity contribution is 6.42. The van der Waals surface area contributed by atoms with Crippen LogP contribution >= 0.6 is 23.2 Å². The molecule has 0 bridgehead atoms. The van der Waals surface area contributed by atoms with E-state index in [0.29, 0.717) is 38.3 Å². The standard InChI is InChI=1S/C17H21Cl2N3O4/c18-12-9-14(15(24)10-13(12)19)20-11-17(26)22-6-4-21(5-7-22)16(25)3-1-2-8-23/h1,3,9-10,20,23-24H,2,4-8,11H2/b3-1+. The number of benzene rings is 1. The molecule has 0 spiro atoms. The molecule has 0 atom stereocenters. The molecule has 0 aliphatic carbocycles. The zero-order valence-electron chi connectivity index (χ0n) is 14.1. The van der Waals surface area contributed by atoms with E-state index < -0.39 is 0 Å². The van der Waals surface area contributed by atoms with Crippen molar-refractivity contribution in [1.29, 1.82) is 0 Å². The Morgan fingerprint density at radius 3 is 2.38 bits per heavy atom. The van der Waals surface area contributed by atoms with Crippen LogP contribution in [0, 0.1) is 0 Å². The van der Waals surface area contributed by atoms with Crippen LogP contribution < -0.4 is 5.32 Å². The average Bonchev–Trinajstić information content (AvgIpc) is 2.63. The maximum Gasteiger partial charge on any atom is 0.246 e. The maximum absolute atomic E-state index is 12.3. The normalized spacial score (nSPS) is 14.7. The number of nitrogens with one attached hydrogen (secondary N) is 1. The van der Waals surface area contributed by atoms with Crippen LogP contribution in [0.3, 0.4) is 0 Å². The van der Waals surface area contributed by atoms with E-state index in [9.17, 15) is 14.7 Å². The molecule has 1 aliphatic heterocycles. The Balaban J connectivity index is 1.81. The van der Waals surface area contributed by atoms with Crippen molar-refractivity contribution < 1.29 is 19.8 Å². The molecule has 1 fully saturated rings. The van der Waals surface area contributed by atoms with Crippen molar-refractivity contribution in [2.24, 2.45) is 0 Å². The van der Waals surface area contributed by atoms with Crippen molar-refractivity contribution in [3.8, 4) is 5.75 Å². The van der Waals surface area contributed by atoms with Crippen LogP contribution in [0.1, 0.15) is 6.42 Å². The third kappa shape index (κ3) is 5.52. The van der Waals surface area contributed by atoms with Gasteiger partial charge in [0.25, 0.3) is 0 Å². The summed E-state index contributed by atoms with van der Waals surface area (Å²) in [6.07, 6.45) is 3.52. The number of halogens is 2. The Morgan fingerprint density at radius 1 is 1.12 bits per heavy atom. The van der Waals surface area contributed by atoms with Crippen molar-refractivity contribution in [3.63, 3.8) is 0 Å². The number of anilines is 1. The van der Waals surface area contributed by atoms with E-state index in [-0.39, 0.29) is 40.8 Å². The van der Waals surface area contributed by atoms with E-state index in [1.54, 1.807) is 15.9 Å². The molecular formula is C17H21Cl2N3O4. The highest BCUT2D eigenvalue weighted by Gasteiger charge is 2.23. The van der Waals surface area contributed by atoms with Crippen molar-refractivity contribution in [2.45, 2.75) is 6.42 Å². The number of carbonyl (C=O) groups is 2. The number of rotatable bonds is 6. The predicted octanol–water partition coefficient (Wildman–Crippen LogP) is 1.72. The Hall–Kier alpha value is -1.96. The number of aromatic hydroxyl groups is 1. The fourth-order valence-corrected chi connectivity index (χ4v) is 2.82. The maximum atomic E-state index is 12.3. The molecule has 7 nitrogen and oxygen atoms in total. The van der Waals surface area contributed by atoms with Gasteiger partial charge in [-0.2, -0.15) is 0 Å². The van der Waals surface area contributed by atoms with Crippen LogP contribution in [-0.4, -0.2) is 71.2 Å². The predicted molar refractivity (Wildman–Crippen MR) is 101 cm³/mol. The van der Waals surface area contributed by atoms with Crippen molar-refractivity contribution in [1.82, 2.24) is 9.80 Å². The number of aliphatic hydroxyl groups is 1. The number of amides is 2. The number of phenolic OH excluding ortho intramolecular Hbond substituents is 1. The van der Waals surface area contributed by atoms with Gasteiger partial charge in [0.1, 0.15) is 5.75 Å². The number of nitrogens with zero attached hydrogens (tertiary/aromatic N) is 2. The van der Waals surface area contributed by atoms with Gasteiger partial charge in [0.05, 0.1) is 22.3 Å². The molecule has 0 saturated carbocycles. The van der Waals surface area contributed by atoms with Gasteiger partial charge in [-0.25, -0.2) is 0 Å². The van der Waals surface area contributed by atoms with Crippen LogP contribution in [0.5, 0.6) is 5.75 Å². The molecule has 1 aliphatic rings. The van der Waals surface area contributed by atoms with Crippen LogP contribution in [0.4, 0.5) is 5.69 Å². The molecule has 1 aromatic carbocycles. The summed E-state index contributed by atoms with van der Waals surface area (Å²) >= 11 is 11.7. The van der Waals surface area contributed by atoms with Gasteiger partial charge in [0.15, 0.2) is 0 Å². The molecule has 0 aromatic heterocycles. The zero-order chi connectivity index (χ0) is 19.1. The molecule has 3 N–H and O–H groups in total. The van der Waals surface area contributed by atoms with Gasteiger partial charge >= 0.3 is 0 Å². The van der Waals surface area contributed by atoms with Gasteiger partial charge in [0.2, 0.25) is 11.8 Å². The summed E-state index contributed by atoms with van der Waals surface area (Å²) in [6.45, 7) is 1.78. The SMILES string of the molecule is O=C(/C=C/CCO)N1CCN(C(=O)CNc2cc(Cl)c(Cl)cc2O)CC1. The van der Waals surface area contributed by atoms with Gasteiger partial charge < -0.3 is 25.3 Å². The monoisotopic (exact) mass is 401 g/mol. The molecule has 2 rings (SSSR count). The molecule has 0 radical (unpaired) electrons. The summed E-state index contributed by atoms with van der Waals surface area (Å²) in [5, 5.41) is 21.9. The minimum atomic E-state index is -0.140. The van der Waals surface area contributed by atoms with E-state index in [0.717, 1.165) is 0 Å². The number of piperazine rings is 1. The average molecular weight is 402 g/mol.